The van der Waals surface area contributed by atoms with Gasteiger partial charge in [0.25, 0.3) is 0 Å². The molecule has 1 aromatic carbocycles. The van der Waals surface area contributed by atoms with Crippen LogP contribution in [0.4, 0.5) is 5.69 Å². The lowest BCUT2D eigenvalue weighted by Crippen LogP contribution is -2.37. The molecule has 2 rings (SSSR count). The standard InChI is InChI=1S/C16H18N4O2/c1-11-8-12(4-5-13(11)17-3)9-14(21)16(2,22)7-6-15-18-10-19-20-15/h4-5,8,10,22H,6-7,9H2,1-2H3,(H,18,19,20)/t16-/m0/s1. The van der Waals surface area contributed by atoms with Crippen molar-refractivity contribution in [3.05, 3.63) is 52.9 Å². The van der Waals surface area contributed by atoms with Crippen molar-refractivity contribution in [3.8, 4) is 0 Å². The van der Waals surface area contributed by atoms with Crippen LogP contribution in [-0.2, 0) is 17.6 Å². The fourth-order valence-corrected chi connectivity index (χ4v) is 2.18. The molecule has 0 bridgehead atoms. The molecule has 0 saturated heterocycles. The minimum absolute atomic E-state index is 0.141. The van der Waals surface area contributed by atoms with E-state index >= 15 is 0 Å². The molecule has 0 aliphatic carbocycles. The molecular weight excluding hydrogens is 280 g/mol. The number of rotatable bonds is 6. The number of hydrogen-bond acceptors (Lipinski definition) is 4. The second kappa shape index (κ2) is 6.50. The Hall–Kier alpha value is -2.52. The minimum Gasteiger partial charge on any atom is -0.382 e. The zero-order valence-electron chi connectivity index (χ0n) is 12.6. The molecule has 114 valence electrons. The highest BCUT2D eigenvalue weighted by Crippen LogP contribution is 2.22. The van der Waals surface area contributed by atoms with E-state index in [4.69, 9.17) is 6.57 Å². The number of ketones is 1. The van der Waals surface area contributed by atoms with Gasteiger partial charge in [-0.1, -0.05) is 18.2 Å². The highest BCUT2D eigenvalue weighted by molar-refractivity contribution is 5.88. The van der Waals surface area contributed by atoms with Gasteiger partial charge < -0.3 is 5.11 Å². The lowest BCUT2D eigenvalue weighted by molar-refractivity contribution is -0.135. The van der Waals surface area contributed by atoms with E-state index < -0.39 is 5.60 Å². The summed E-state index contributed by atoms with van der Waals surface area (Å²) in [6, 6.07) is 5.27. The van der Waals surface area contributed by atoms with Crippen molar-refractivity contribution in [1.82, 2.24) is 15.2 Å². The molecule has 2 N–H and O–H groups in total. The molecule has 1 aromatic heterocycles. The Kier molecular flexibility index (Phi) is 4.68. The van der Waals surface area contributed by atoms with Gasteiger partial charge >= 0.3 is 0 Å². The maximum Gasteiger partial charge on any atom is 0.190 e. The Balaban J connectivity index is 2.01. The van der Waals surface area contributed by atoms with Gasteiger partial charge in [-0.2, -0.15) is 5.10 Å². The molecule has 0 radical (unpaired) electrons. The molecule has 2 aromatic rings. The Morgan fingerprint density at radius 2 is 2.27 bits per heavy atom. The number of aliphatic hydroxyl groups is 1. The number of aromatic nitrogens is 3. The molecule has 1 atom stereocenters. The Bertz CT molecular complexity index is 699. The monoisotopic (exact) mass is 298 g/mol. The van der Waals surface area contributed by atoms with Gasteiger partial charge in [-0.3, -0.25) is 9.89 Å². The van der Waals surface area contributed by atoms with Crippen LogP contribution in [0.2, 0.25) is 0 Å². The van der Waals surface area contributed by atoms with Crippen molar-refractivity contribution >= 4 is 11.5 Å². The molecule has 0 amide bonds. The zero-order chi connectivity index (χ0) is 16.2. The van der Waals surface area contributed by atoms with Gasteiger partial charge in [-0.15, -0.1) is 0 Å². The predicted octanol–water partition coefficient (Wildman–Crippen LogP) is 2.16. The third-order valence-electron chi connectivity index (χ3n) is 3.66. The summed E-state index contributed by atoms with van der Waals surface area (Å²) < 4.78 is 0. The first-order valence-electron chi connectivity index (χ1n) is 6.99. The number of Topliss-reactive ketones (excluding diaryl/α,β-unsaturated/α-hetero) is 1. The summed E-state index contributed by atoms with van der Waals surface area (Å²) in [5.74, 6) is 0.396. The van der Waals surface area contributed by atoms with E-state index in [9.17, 15) is 9.90 Å². The Morgan fingerprint density at radius 3 is 2.86 bits per heavy atom. The van der Waals surface area contributed by atoms with E-state index in [0.29, 0.717) is 17.9 Å². The number of carbonyl (C=O) groups is 1. The van der Waals surface area contributed by atoms with E-state index in [0.717, 1.165) is 11.1 Å². The van der Waals surface area contributed by atoms with Gasteiger partial charge in [0.15, 0.2) is 11.5 Å². The zero-order valence-corrected chi connectivity index (χ0v) is 12.6. The number of nitrogens with one attached hydrogen (secondary N) is 1. The second-order valence-electron chi connectivity index (χ2n) is 5.54. The third-order valence-corrected chi connectivity index (χ3v) is 3.66. The van der Waals surface area contributed by atoms with Crippen LogP contribution in [-0.4, -0.2) is 31.7 Å². The molecule has 0 aliphatic heterocycles. The molecule has 1 heterocycles. The summed E-state index contributed by atoms with van der Waals surface area (Å²) in [6.45, 7) is 10.4. The normalized spacial score (nSPS) is 13.4. The van der Waals surface area contributed by atoms with Crippen LogP contribution < -0.4 is 0 Å². The molecule has 6 nitrogen and oxygen atoms in total. The number of hydrogen-bond donors (Lipinski definition) is 2. The Morgan fingerprint density at radius 1 is 1.50 bits per heavy atom. The first kappa shape index (κ1) is 15.9. The van der Waals surface area contributed by atoms with Gasteiger partial charge in [0.1, 0.15) is 17.8 Å². The van der Waals surface area contributed by atoms with Crippen LogP contribution in [0, 0.1) is 13.5 Å². The van der Waals surface area contributed by atoms with Gasteiger partial charge in [0, 0.05) is 12.8 Å². The van der Waals surface area contributed by atoms with Crippen LogP contribution in [0.25, 0.3) is 4.85 Å². The van der Waals surface area contributed by atoms with Gasteiger partial charge in [-0.05, 0) is 31.4 Å². The molecule has 0 unspecified atom stereocenters. The third kappa shape index (κ3) is 3.77. The summed E-state index contributed by atoms with van der Waals surface area (Å²) in [4.78, 5) is 19.7. The van der Waals surface area contributed by atoms with Crippen LogP contribution in [0.15, 0.2) is 24.5 Å². The average molecular weight is 298 g/mol. The number of H-pyrrole nitrogens is 1. The van der Waals surface area contributed by atoms with E-state index in [2.05, 4.69) is 20.0 Å². The van der Waals surface area contributed by atoms with Crippen molar-refractivity contribution in [2.75, 3.05) is 0 Å². The lowest BCUT2D eigenvalue weighted by atomic mass is 9.90. The molecule has 0 saturated carbocycles. The maximum atomic E-state index is 12.3. The summed E-state index contributed by atoms with van der Waals surface area (Å²) >= 11 is 0. The average Bonchev–Trinajstić information content (AvgIpc) is 2.99. The number of nitrogens with zero attached hydrogens (tertiary/aromatic N) is 3. The van der Waals surface area contributed by atoms with Gasteiger partial charge in [0.05, 0.1) is 6.57 Å². The van der Waals surface area contributed by atoms with Crippen molar-refractivity contribution in [3.63, 3.8) is 0 Å². The number of aromatic amines is 1. The van der Waals surface area contributed by atoms with E-state index in [1.165, 1.54) is 13.3 Å². The number of benzene rings is 1. The van der Waals surface area contributed by atoms with Crippen molar-refractivity contribution in [2.24, 2.45) is 0 Å². The molecule has 0 aliphatic rings. The molecular formula is C16H18N4O2. The number of carbonyl (C=O) groups excluding carboxylic acids is 1. The van der Waals surface area contributed by atoms with Crippen molar-refractivity contribution in [2.45, 2.75) is 38.7 Å². The van der Waals surface area contributed by atoms with Crippen LogP contribution >= 0.6 is 0 Å². The summed E-state index contributed by atoms with van der Waals surface area (Å²) in [7, 11) is 0. The highest BCUT2D eigenvalue weighted by atomic mass is 16.3. The fraction of sp³-hybridized carbons (Fsp3) is 0.375. The van der Waals surface area contributed by atoms with Gasteiger partial charge in [-0.25, -0.2) is 9.83 Å². The molecule has 0 spiro atoms. The SMILES string of the molecule is [C-]#[N+]c1ccc(CC(=O)[C@@](C)(O)CCc2ncn[nH]2)cc1C. The van der Waals surface area contributed by atoms with E-state index in [1.54, 1.807) is 12.1 Å². The van der Waals surface area contributed by atoms with Crippen LogP contribution in [0.1, 0.15) is 30.3 Å². The summed E-state index contributed by atoms with van der Waals surface area (Å²) in [5.41, 5.74) is 0.795. The quantitative estimate of drug-likeness (QED) is 0.801. The maximum absolute atomic E-state index is 12.3. The molecule has 6 heteroatoms. The van der Waals surface area contributed by atoms with E-state index in [1.807, 2.05) is 13.0 Å². The largest absolute Gasteiger partial charge is 0.382 e. The predicted molar refractivity (Wildman–Crippen MR) is 81.5 cm³/mol. The Labute approximate surface area is 129 Å². The topological polar surface area (TPSA) is 83.2 Å². The first-order valence-corrected chi connectivity index (χ1v) is 6.99. The first-order chi connectivity index (χ1) is 10.4. The molecule has 0 fully saturated rings. The minimum atomic E-state index is -1.42. The summed E-state index contributed by atoms with van der Waals surface area (Å²) in [5, 5.41) is 16.8. The van der Waals surface area contributed by atoms with Crippen molar-refractivity contribution in [1.29, 1.82) is 0 Å². The second-order valence-corrected chi connectivity index (χ2v) is 5.54. The fourth-order valence-electron chi connectivity index (χ4n) is 2.18. The smallest absolute Gasteiger partial charge is 0.190 e. The van der Waals surface area contributed by atoms with Gasteiger partial charge in [0.2, 0.25) is 0 Å². The number of aryl methyl sites for hydroxylation is 2. The lowest BCUT2D eigenvalue weighted by Gasteiger charge is -2.21. The molecule has 22 heavy (non-hydrogen) atoms. The summed E-state index contributed by atoms with van der Waals surface area (Å²) in [6.07, 6.45) is 2.27. The van der Waals surface area contributed by atoms with Crippen LogP contribution in [0.3, 0.4) is 0 Å². The van der Waals surface area contributed by atoms with Crippen LogP contribution in [0.5, 0.6) is 0 Å². The van der Waals surface area contributed by atoms with E-state index in [-0.39, 0.29) is 18.6 Å². The highest BCUT2D eigenvalue weighted by Gasteiger charge is 2.29. The van der Waals surface area contributed by atoms with Crippen molar-refractivity contribution < 1.29 is 9.90 Å².